The first-order valence-corrected chi connectivity index (χ1v) is 6.72. The largest absolute Gasteiger partial charge is 0.485 e. The van der Waals surface area contributed by atoms with Gasteiger partial charge in [0.2, 0.25) is 0 Å². The van der Waals surface area contributed by atoms with Crippen LogP contribution in [0.3, 0.4) is 0 Å². The number of hydrogen-bond donors (Lipinski definition) is 1. The van der Waals surface area contributed by atoms with Crippen molar-refractivity contribution in [1.82, 2.24) is 5.16 Å². The molecule has 3 aromatic rings. The van der Waals surface area contributed by atoms with Gasteiger partial charge < -0.3 is 15.0 Å². The molecule has 106 valence electrons. The molecule has 2 N–H and O–H groups in total. The lowest BCUT2D eigenvalue weighted by Crippen LogP contribution is -1.96. The number of nitrogens with zero attached hydrogens (tertiary/aromatic N) is 1. The minimum absolute atomic E-state index is 0.338. The predicted molar refractivity (Wildman–Crippen MR) is 81.9 cm³/mol. The molecule has 0 spiro atoms. The van der Waals surface area contributed by atoms with Crippen molar-refractivity contribution >= 4 is 5.69 Å². The lowest BCUT2D eigenvalue weighted by molar-refractivity contribution is 0.248. The maximum absolute atomic E-state index is 5.74. The Morgan fingerprint density at radius 2 is 1.90 bits per heavy atom. The van der Waals surface area contributed by atoms with E-state index in [1.165, 1.54) is 0 Å². The van der Waals surface area contributed by atoms with E-state index in [-0.39, 0.29) is 0 Å². The molecule has 2 aromatic carbocycles. The van der Waals surface area contributed by atoms with Crippen molar-refractivity contribution in [3.05, 3.63) is 65.9 Å². The van der Waals surface area contributed by atoms with E-state index in [2.05, 4.69) is 5.16 Å². The van der Waals surface area contributed by atoms with Gasteiger partial charge in [0.25, 0.3) is 0 Å². The van der Waals surface area contributed by atoms with E-state index in [9.17, 15) is 0 Å². The van der Waals surface area contributed by atoms with Crippen molar-refractivity contribution in [1.29, 1.82) is 0 Å². The number of benzene rings is 2. The van der Waals surface area contributed by atoms with E-state index in [1.807, 2.05) is 61.5 Å². The quantitative estimate of drug-likeness (QED) is 0.738. The summed E-state index contributed by atoms with van der Waals surface area (Å²) in [5.74, 6) is 1.48. The zero-order valence-electron chi connectivity index (χ0n) is 11.7. The van der Waals surface area contributed by atoms with Crippen molar-refractivity contribution in [2.24, 2.45) is 0 Å². The third-order valence-corrected chi connectivity index (χ3v) is 3.20. The van der Waals surface area contributed by atoms with Gasteiger partial charge in [0.1, 0.15) is 18.1 Å². The van der Waals surface area contributed by atoms with Crippen LogP contribution in [0.1, 0.15) is 11.3 Å². The van der Waals surface area contributed by atoms with Gasteiger partial charge in [-0.1, -0.05) is 35.5 Å². The van der Waals surface area contributed by atoms with Gasteiger partial charge in [0, 0.05) is 17.3 Å². The summed E-state index contributed by atoms with van der Waals surface area (Å²) in [6, 6.07) is 17.3. The Hall–Kier alpha value is -2.75. The maximum Gasteiger partial charge on any atom is 0.174 e. The average molecular weight is 280 g/mol. The molecule has 1 aromatic heterocycles. The zero-order valence-corrected chi connectivity index (χ0v) is 11.7. The first-order valence-electron chi connectivity index (χ1n) is 6.72. The molecule has 0 aliphatic heterocycles. The van der Waals surface area contributed by atoms with Gasteiger partial charge in [0.15, 0.2) is 5.76 Å². The lowest BCUT2D eigenvalue weighted by Gasteiger charge is -2.07. The summed E-state index contributed by atoms with van der Waals surface area (Å²) < 4.78 is 11.0. The minimum atomic E-state index is 0.338. The summed E-state index contributed by atoms with van der Waals surface area (Å²) in [7, 11) is 0. The maximum atomic E-state index is 5.74. The number of hydrogen-bond acceptors (Lipinski definition) is 4. The molecular weight excluding hydrogens is 264 g/mol. The van der Waals surface area contributed by atoms with Crippen molar-refractivity contribution in [3.8, 4) is 17.0 Å². The van der Waals surface area contributed by atoms with Crippen LogP contribution in [-0.4, -0.2) is 5.16 Å². The molecule has 3 rings (SSSR count). The standard InChI is InChI=1S/C17H16N2O2/c1-12-9-14(18)7-8-17(12)20-11-15-10-16(19-21-15)13-5-3-2-4-6-13/h2-10H,11,18H2,1H3. The molecule has 0 fully saturated rings. The van der Waals surface area contributed by atoms with E-state index in [4.69, 9.17) is 15.0 Å². The van der Waals surface area contributed by atoms with Gasteiger partial charge >= 0.3 is 0 Å². The molecule has 0 atom stereocenters. The molecule has 1 heterocycles. The van der Waals surface area contributed by atoms with E-state index in [1.54, 1.807) is 0 Å². The fourth-order valence-electron chi connectivity index (χ4n) is 2.11. The molecule has 0 unspecified atom stereocenters. The van der Waals surface area contributed by atoms with E-state index < -0.39 is 0 Å². The van der Waals surface area contributed by atoms with E-state index in [0.717, 1.165) is 28.3 Å². The molecule has 0 amide bonds. The first-order chi connectivity index (χ1) is 10.2. The Labute approximate surface area is 123 Å². The topological polar surface area (TPSA) is 61.3 Å². The molecule has 0 saturated carbocycles. The monoisotopic (exact) mass is 280 g/mol. The van der Waals surface area contributed by atoms with Crippen LogP contribution in [-0.2, 0) is 6.61 Å². The van der Waals surface area contributed by atoms with Crippen molar-refractivity contribution in [3.63, 3.8) is 0 Å². The molecule has 0 bridgehead atoms. The van der Waals surface area contributed by atoms with Crippen molar-refractivity contribution in [2.45, 2.75) is 13.5 Å². The summed E-state index contributed by atoms with van der Waals surface area (Å²) >= 11 is 0. The summed E-state index contributed by atoms with van der Waals surface area (Å²) in [5, 5.41) is 4.06. The van der Waals surface area contributed by atoms with Gasteiger partial charge in [-0.3, -0.25) is 0 Å². The summed E-state index contributed by atoms with van der Waals surface area (Å²) in [4.78, 5) is 0. The molecule has 21 heavy (non-hydrogen) atoms. The van der Waals surface area contributed by atoms with Gasteiger partial charge in [-0.25, -0.2) is 0 Å². The summed E-state index contributed by atoms with van der Waals surface area (Å²) in [6.45, 7) is 2.30. The second kappa shape index (κ2) is 5.71. The van der Waals surface area contributed by atoms with Gasteiger partial charge in [-0.15, -0.1) is 0 Å². The molecule has 0 radical (unpaired) electrons. The Kier molecular flexibility index (Phi) is 3.60. The smallest absolute Gasteiger partial charge is 0.174 e. The van der Waals surface area contributed by atoms with Crippen molar-refractivity contribution < 1.29 is 9.26 Å². The van der Waals surface area contributed by atoms with Crippen LogP contribution in [0, 0.1) is 6.92 Å². The highest BCUT2D eigenvalue weighted by Crippen LogP contribution is 2.23. The van der Waals surface area contributed by atoms with Crippen LogP contribution in [0.15, 0.2) is 59.1 Å². The third kappa shape index (κ3) is 3.05. The summed E-state index contributed by atoms with van der Waals surface area (Å²) in [6.07, 6.45) is 0. The SMILES string of the molecule is Cc1cc(N)ccc1OCc1cc(-c2ccccc2)no1. The number of anilines is 1. The Morgan fingerprint density at radius 1 is 1.10 bits per heavy atom. The van der Waals surface area contributed by atoms with Crippen LogP contribution in [0.4, 0.5) is 5.69 Å². The van der Waals surface area contributed by atoms with Crippen LogP contribution in [0.2, 0.25) is 0 Å². The molecule has 0 aliphatic rings. The Balaban J connectivity index is 1.70. The van der Waals surface area contributed by atoms with Crippen LogP contribution >= 0.6 is 0 Å². The summed E-state index contributed by atoms with van der Waals surface area (Å²) in [5.41, 5.74) is 9.28. The van der Waals surface area contributed by atoms with Gasteiger partial charge in [-0.2, -0.15) is 0 Å². The molecular formula is C17H16N2O2. The second-order valence-electron chi connectivity index (χ2n) is 4.86. The number of aryl methyl sites for hydroxylation is 1. The number of rotatable bonds is 4. The average Bonchev–Trinajstić information content (AvgIpc) is 2.96. The second-order valence-corrected chi connectivity index (χ2v) is 4.86. The number of nitrogen functional groups attached to an aromatic ring is 1. The van der Waals surface area contributed by atoms with E-state index in [0.29, 0.717) is 12.4 Å². The fraction of sp³-hybridized carbons (Fsp3) is 0.118. The Bertz CT molecular complexity index is 736. The third-order valence-electron chi connectivity index (χ3n) is 3.20. The highest BCUT2D eigenvalue weighted by Gasteiger charge is 2.07. The molecule has 4 heteroatoms. The fourth-order valence-corrected chi connectivity index (χ4v) is 2.11. The van der Waals surface area contributed by atoms with Gasteiger partial charge in [0.05, 0.1) is 0 Å². The number of ether oxygens (including phenoxy) is 1. The normalized spacial score (nSPS) is 10.5. The molecule has 4 nitrogen and oxygen atoms in total. The van der Waals surface area contributed by atoms with Crippen molar-refractivity contribution in [2.75, 3.05) is 5.73 Å². The number of aromatic nitrogens is 1. The minimum Gasteiger partial charge on any atom is -0.485 e. The predicted octanol–water partition coefficient (Wildman–Crippen LogP) is 3.81. The number of nitrogens with two attached hydrogens (primary N) is 1. The van der Waals surface area contributed by atoms with Crippen LogP contribution in [0.25, 0.3) is 11.3 Å². The van der Waals surface area contributed by atoms with E-state index >= 15 is 0 Å². The highest BCUT2D eigenvalue weighted by atomic mass is 16.5. The highest BCUT2D eigenvalue weighted by molar-refractivity contribution is 5.58. The van der Waals surface area contributed by atoms with Crippen LogP contribution in [0.5, 0.6) is 5.75 Å². The lowest BCUT2D eigenvalue weighted by atomic mass is 10.1. The zero-order chi connectivity index (χ0) is 14.7. The first kappa shape index (κ1) is 13.2. The molecule has 0 aliphatic carbocycles. The molecule has 0 saturated heterocycles. The van der Waals surface area contributed by atoms with Gasteiger partial charge in [-0.05, 0) is 30.7 Å². The Morgan fingerprint density at radius 3 is 2.67 bits per heavy atom. The van der Waals surface area contributed by atoms with Crippen LogP contribution < -0.4 is 10.5 Å².